The van der Waals surface area contributed by atoms with E-state index >= 15 is 0 Å². The van der Waals surface area contributed by atoms with E-state index in [0.29, 0.717) is 0 Å². The molecule has 1 amide bonds. The number of sulfonamides is 1. The van der Waals surface area contributed by atoms with Crippen LogP contribution >= 0.6 is 0 Å². The van der Waals surface area contributed by atoms with E-state index in [1.807, 2.05) is 0 Å². The van der Waals surface area contributed by atoms with E-state index in [2.05, 4.69) is 5.32 Å². The minimum absolute atomic E-state index is 0.0608. The number of carboxylic acid groups (broad SMARTS) is 1. The Balaban J connectivity index is 2.13. The Morgan fingerprint density at radius 1 is 1.17 bits per heavy atom. The molecular weight excluding hydrogens is 424 g/mol. The third kappa shape index (κ3) is 4.28. The van der Waals surface area contributed by atoms with Gasteiger partial charge in [0, 0.05) is 11.9 Å². The van der Waals surface area contributed by atoms with E-state index in [-0.39, 0.29) is 33.5 Å². The van der Waals surface area contributed by atoms with Gasteiger partial charge in [-0.1, -0.05) is 6.07 Å². The smallest absolute Gasteiger partial charge is 0.409 e. The average molecular weight is 442 g/mol. The molecule has 156 valence electrons. The molecule has 0 radical (unpaired) electrons. The number of amides is 1. The van der Waals surface area contributed by atoms with Crippen LogP contribution in [0.5, 0.6) is 5.75 Å². The van der Waals surface area contributed by atoms with Crippen LogP contribution in [0.4, 0.5) is 16.2 Å². The zero-order chi connectivity index (χ0) is 21.4. The summed E-state index contributed by atoms with van der Waals surface area (Å²) in [6.07, 6.45) is -1.21. The Bertz CT molecular complexity index is 1160. The molecule has 1 heterocycles. The molecule has 1 aliphatic heterocycles. The van der Waals surface area contributed by atoms with Gasteiger partial charge in [-0.25, -0.2) is 21.6 Å². The number of sulfone groups is 1. The SMILES string of the molecule is CS(=O)(=O)c1cccc(S(=O)(=O)N2CC(CO)Oc3ccc(NC(=O)O)cc32)c1. The van der Waals surface area contributed by atoms with Crippen LogP contribution in [-0.2, 0) is 19.9 Å². The molecule has 12 heteroatoms. The van der Waals surface area contributed by atoms with Gasteiger partial charge in [-0.2, -0.15) is 0 Å². The third-order valence-electron chi connectivity index (χ3n) is 4.17. The second-order valence-corrected chi connectivity index (χ2v) is 10.2. The largest absolute Gasteiger partial charge is 0.484 e. The van der Waals surface area contributed by atoms with E-state index in [1.165, 1.54) is 36.4 Å². The van der Waals surface area contributed by atoms with Gasteiger partial charge in [0.25, 0.3) is 10.0 Å². The fourth-order valence-electron chi connectivity index (χ4n) is 2.83. The quantitative estimate of drug-likeness (QED) is 0.623. The van der Waals surface area contributed by atoms with Gasteiger partial charge in [0.15, 0.2) is 9.84 Å². The lowest BCUT2D eigenvalue weighted by Gasteiger charge is -2.35. The van der Waals surface area contributed by atoms with Crippen LogP contribution < -0.4 is 14.4 Å². The summed E-state index contributed by atoms with van der Waals surface area (Å²) >= 11 is 0. The van der Waals surface area contributed by atoms with E-state index in [9.17, 15) is 26.7 Å². The fraction of sp³-hybridized carbons (Fsp3) is 0.235. The first kappa shape index (κ1) is 20.9. The lowest BCUT2D eigenvalue weighted by molar-refractivity contribution is 0.116. The van der Waals surface area contributed by atoms with E-state index in [1.54, 1.807) is 0 Å². The Labute approximate surface area is 167 Å². The van der Waals surface area contributed by atoms with Gasteiger partial charge in [0.05, 0.1) is 28.6 Å². The van der Waals surface area contributed by atoms with Gasteiger partial charge < -0.3 is 14.9 Å². The highest BCUT2D eigenvalue weighted by Crippen LogP contribution is 2.39. The summed E-state index contributed by atoms with van der Waals surface area (Å²) in [5.41, 5.74) is 0.179. The lowest BCUT2D eigenvalue weighted by atomic mass is 10.2. The number of benzene rings is 2. The first-order valence-electron chi connectivity index (χ1n) is 8.27. The van der Waals surface area contributed by atoms with Crippen molar-refractivity contribution in [3.05, 3.63) is 42.5 Å². The molecule has 10 nitrogen and oxygen atoms in total. The molecule has 1 atom stereocenters. The molecule has 0 aliphatic carbocycles. The fourth-order valence-corrected chi connectivity index (χ4v) is 5.11. The van der Waals surface area contributed by atoms with Gasteiger partial charge in [0.1, 0.15) is 11.9 Å². The summed E-state index contributed by atoms with van der Waals surface area (Å²) in [5.74, 6) is 0.133. The van der Waals surface area contributed by atoms with Crippen molar-refractivity contribution in [3.63, 3.8) is 0 Å². The lowest BCUT2D eigenvalue weighted by Crippen LogP contribution is -2.45. The van der Waals surface area contributed by atoms with Crippen molar-refractivity contribution < 1.29 is 36.6 Å². The molecule has 29 heavy (non-hydrogen) atoms. The van der Waals surface area contributed by atoms with Crippen LogP contribution in [0, 0.1) is 0 Å². The molecule has 3 N–H and O–H groups in total. The minimum Gasteiger partial charge on any atom is -0.484 e. The molecular formula is C17H18N2O8S2. The van der Waals surface area contributed by atoms with Crippen LogP contribution in [0.25, 0.3) is 0 Å². The second kappa shape index (κ2) is 7.54. The number of fused-ring (bicyclic) bond motifs is 1. The molecule has 0 fully saturated rings. The zero-order valence-corrected chi connectivity index (χ0v) is 16.8. The number of nitrogens with one attached hydrogen (secondary N) is 1. The van der Waals surface area contributed by atoms with Crippen LogP contribution in [-0.4, -0.2) is 58.7 Å². The van der Waals surface area contributed by atoms with Crippen LogP contribution in [0.1, 0.15) is 0 Å². The summed E-state index contributed by atoms with van der Waals surface area (Å²) in [6, 6.07) is 8.97. The van der Waals surface area contributed by atoms with Gasteiger partial charge in [-0.3, -0.25) is 9.62 Å². The van der Waals surface area contributed by atoms with Gasteiger partial charge in [0.2, 0.25) is 0 Å². The predicted octanol–water partition coefficient (Wildman–Crippen LogP) is 1.13. The third-order valence-corrected chi connectivity index (χ3v) is 7.05. The number of anilines is 2. The van der Waals surface area contributed by atoms with E-state index in [4.69, 9.17) is 9.84 Å². The van der Waals surface area contributed by atoms with Crippen molar-refractivity contribution in [2.24, 2.45) is 0 Å². The van der Waals surface area contributed by atoms with Crippen molar-refractivity contribution >= 4 is 37.3 Å². The maximum Gasteiger partial charge on any atom is 0.409 e. The summed E-state index contributed by atoms with van der Waals surface area (Å²) < 4.78 is 56.7. The average Bonchev–Trinajstić information content (AvgIpc) is 2.66. The molecule has 0 saturated carbocycles. The molecule has 0 spiro atoms. The molecule has 2 aromatic carbocycles. The zero-order valence-electron chi connectivity index (χ0n) is 15.1. The molecule has 1 unspecified atom stereocenters. The number of rotatable bonds is 5. The topological polar surface area (TPSA) is 150 Å². The molecule has 2 aromatic rings. The van der Waals surface area contributed by atoms with Crippen molar-refractivity contribution in [2.75, 3.05) is 29.0 Å². The Kier molecular flexibility index (Phi) is 5.43. The molecule has 0 saturated heterocycles. The number of carbonyl (C=O) groups is 1. The summed E-state index contributed by atoms with van der Waals surface area (Å²) in [5, 5.41) is 20.5. The first-order valence-corrected chi connectivity index (χ1v) is 11.6. The van der Waals surface area contributed by atoms with Gasteiger partial charge >= 0.3 is 6.09 Å². The number of aliphatic hydroxyl groups is 1. The van der Waals surface area contributed by atoms with Crippen molar-refractivity contribution in [3.8, 4) is 5.75 Å². The first-order chi connectivity index (χ1) is 13.5. The molecule has 0 aromatic heterocycles. The number of hydrogen-bond donors (Lipinski definition) is 3. The summed E-state index contributed by atoms with van der Waals surface area (Å²) in [7, 11) is -7.88. The summed E-state index contributed by atoms with van der Waals surface area (Å²) in [6.45, 7) is -0.699. The maximum absolute atomic E-state index is 13.3. The van der Waals surface area contributed by atoms with Crippen molar-refractivity contribution in [1.82, 2.24) is 0 Å². The highest BCUT2D eigenvalue weighted by Gasteiger charge is 2.35. The van der Waals surface area contributed by atoms with E-state index in [0.717, 1.165) is 16.6 Å². The monoisotopic (exact) mass is 442 g/mol. The van der Waals surface area contributed by atoms with Gasteiger partial charge in [-0.15, -0.1) is 0 Å². The van der Waals surface area contributed by atoms with Crippen molar-refractivity contribution in [1.29, 1.82) is 0 Å². The standard InChI is InChI=1S/C17H18N2O8S2/c1-28(23,24)13-3-2-4-14(8-13)29(25,26)19-9-12(10-20)27-16-6-5-11(7-15(16)19)18-17(21)22/h2-8,12,18,20H,9-10H2,1H3,(H,21,22). The number of ether oxygens (including phenoxy) is 1. The highest BCUT2D eigenvalue weighted by molar-refractivity contribution is 7.93. The summed E-state index contributed by atoms with van der Waals surface area (Å²) in [4.78, 5) is 10.5. The number of nitrogens with zero attached hydrogens (tertiary/aromatic N) is 1. The normalized spacial score (nSPS) is 16.6. The predicted molar refractivity (Wildman–Crippen MR) is 104 cm³/mol. The maximum atomic E-state index is 13.3. The van der Waals surface area contributed by atoms with Crippen LogP contribution in [0.3, 0.4) is 0 Å². The Morgan fingerprint density at radius 2 is 1.86 bits per heavy atom. The molecule has 1 aliphatic rings. The Morgan fingerprint density at radius 3 is 2.48 bits per heavy atom. The number of hydrogen-bond acceptors (Lipinski definition) is 7. The van der Waals surface area contributed by atoms with E-state index < -0.39 is 38.7 Å². The second-order valence-electron chi connectivity index (χ2n) is 6.32. The molecule has 3 rings (SSSR count). The van der Waals surface area contributed by atoms with Crippen LogP contribution in [0.15, 0.2) is 52.3 Å². The van der Waals surface area contributed by atoms with Crippen LogP contribution in [0.2, 0.25) is 0 Å². The number of aliphatic hydroxyl groups excluding tert-OH is 1. The Hall–Kier alpha value is -2.83. The van der Waals surface area contributed by atoms with Crippen molar-refractivity contribution in [2.45, 2.75) is 15.9 Å². The van der Waals surface area contributed by atoms with Gasteiger partial charge in [-0.05, 0) is 36.4 Å². The minimum atomic E-state index is -4.24. The highest BCUT2D eigenvalue weighted by atomic mass is 32.2. The molecule has 0 bridgehead atoms.